The lowest BCUT2D eigenvalue weighted by Crippen LogP contribution is -2.61. The molecule has 0 aromatic rings. The lowest BCUT2D eigenvalue weighted by atomic mass is 9.80. The highest BCUT2D eigenvalue weighted by atomic mass is 16.7. The lowest BCUT2D eigenvalue weighted by molar-refractivity contribution is -0.280. The van der Waals surface area contributed by atoms with Gasteiger partial charge < -0.3 is 19.5 Å². The number of rotatable bonds is 8. The summed E-state index contributed by atoms with van der Waals surface area (Å²) >= 11 is 0. The summed E-state index contributed by atoms with van der Waals surface area (Å²) in [6, 6.07) is 0. The van der Waals surface area contributed by atoms with Crippen LogP contribution in [0.25, 0.3) is 0 Å². The van der Waals surface area contributed by atoms with E-state index in [9.17, 15) is 5.21 Å². The average Bonchev–Trinajstić information content (AvgIpc) is 2.53. The summed E-state index contributed by atoms with van der Waals surface area (Å²) in [6.07, 6.45) is 6.14. The first-order chi connectivity index (χ1) is 13.2. The van der Waals surface area contributed by atoms with E-state index in [1.807, 2.05) is 0 Å². The molecule has 0 radical (unpaired) electrons. The van der Waals surface area contributed by atoms with Crippen LogP contribution in [0.3, 0.4) is 0 Å². The van der Waals surface area contributed by atoms with Crippen LogP contribution in [0.4, 0.5) is 0 Å². The Balaban J connectivity index is 1.69. The maximum atomic E-state index is 10.4. The molecule has 0 spiro atoms. The first-order valence-corrected chi connectivity index (χ1v) is 11.3. The van der Waals surface area contributed by atoms with Gasteiger partial charge in [0.25, 0.3) is 0 Å². The Labute approximate surface area is 178 Å². The smallest absolute Gasteiger partial charge is 0.0611 e. The number of hydrogen-bond acceptors (Lipinski definition) is 6. The quantitative estimate of drug-likeness (QED) is 0.576. The second-order valence-corrected chi connectivity index (χ2v) is 11.5. The van der Waals surface area contributed by atoms with Crippen molar-refractivity contribution in [2.45, 2.75) is 128 Å². The molecule has 0 amide bonds. The molecule has 0 atom stereocenters. The van der Waals surface area contributed by atoms with E-state index in [4.69, 9.17) is 14.3 Å². The van der Waals surface area contributed by atoms with Crippen LogP contribution in [0.1, 0.15) is 93.9 Å². The minimum atomic E-state index is -0.258. The third-order valence-corrected chi connectivity index (χ3v) is 6.58. The lowest BCUT2D eigenvalue weighted by Gasteiger charge is -2.53. The Morgan fingerprint density at radius 3 is 1.38 bits per heavy atom. The molecule has 2 saturated heterocycles. The van der Waals surface area contributed by atoms with Crippen molar-refractivity contribution in [3.8, 4) is 0 Å². The molecule has 0 saturated carbocycles. The Hall–Kier alpha value is -0.240. The van der Waals surface area contributed by atoms with Gasteiger partial charge in [0, 0.05) is 35.4 Å². The summed E-state index contributed by atoms with van der Waals surface area (Å²) in [5.74, 6) is 0. The van der Waals surface area contributed by atoms with Gasteiger partial charge in [0.05, 0.1) is 19.3 Å². The molecule has 0 bridgehead atoms. The molecule has 2 aliphatic heterocycles. The van der Waals surface area contributed by atoms with Gasteiger partial charge in [-0.05, 0) is 93.9 Å². The van der Waals surface area contributed by atoms with E-state index < -0.39 is 0 Å². The van der Waals surface area contributed by atoms with Crippen LogP contribution < -0.4 is 0 Å². The molecule has 29 heavy (non-hydrogen) atoms. The average molecular weight is 415 g/mol. The molecule has 2 rings (SSSR count). The van der Waals surface area contributed by atoms with E-state index in [2.05, 4.69) is 60.5 Å². The van der Waals surface area contributed by atoms with E-state index in [0.717, 1.165) is 51.7 Å². The molecule has 1 N–H and O–H groups in total. The zero-order valence-corrected chi connectivity index (χ0v) is 20.4. The molecule has 2 aliphatic rings. The first kappa shape index (κ1) is 25.0. The van der Waals surface area contributed by atoms with Crippen molar-refractivity contribution in [3.05, 3.63) is 0 Å². The van der Waals surface area contributed by atoms with Gasteiger partial charge in [-0.3, -0.25) is 0 Å². The highest BCUT2D eigenvalue weighted by Gasteiger charge is 2.47. The van der Waals surface area contributed by atoms with E-state index in [1.165, 1.54) is 5.06 Å². The Kier molecular flexibility index (Phi) is 7.85. The summed E-state index contributed by atoms with van der Waals surface area (Å²) in [7, 11) is 1.76. The molecule has 2 fully saturated rings. The molecule has 0 unspecified atom stereocenters. The molecule has 2 heterocycles. The van der Waals surface area contributed by atoms with Crippen molar-refractivity contribution in [1.82, 2.24) is 10.1 Å². The second kappa shape index (κ2) is 9.09. The summed E-state index contributed by atoms with van der Waals surface area (Å²) in [5.41, 5.74) is -0.588. The van der Waals surface area contributed by atoms with Crippen molar-refractivity contribution in [3.63, 3.8) is 0 Å². The minimum absolute atomic E-state index is 0.0363. The third kappa shape index (κ3) is 6.14. The Morgan fingerprint density at radius 2 is 1.03 bits per heavy atom. The fourth-order valence-electron chi connectivity index (χ4n) is 5.78. The van der Waals surface area contributed by atoms with Gasteiger partial charge in [0.15, 0.2) is 0 Å². The Bertz CT molecular complexity index is 497. The SMILES string of the molecule is CON1C(C)(C)CC(OCCCCOC2CC(C)(C)N(O)C(C)(C)C2)CC1(C)C. The number of ether oxygens (including phenoxy) is 2. The second-order valence-electron chi connectivity index (χ2n) is 11.5. The van der Waals surface area contributed by atoms with Crippen LogP contribution in [0.2, 0.25) is 0 Å². The van der Waals surface area contributed by atoms with E-state index in [0.29, 0.717) is 0 Å². The van der Waals surface area contributed by atoms with E-state index in [-0.39, 0.29) is 34.4 Å². The summed E-state index contributed by atoms with van der Waals surface area (Å²) in [6.45, 7) is 18.7. The van der Waals surface area contributed by atoms with Gasteiger partial charge in [-0.25, -0.2) is 0 Å². The number of hydroxylamine groups is 4. The zero-order valence-electron chi connectivity index (χ0n) is 20.4. The predicted octanol–water partition coefficient (Wildman–Crippen LogP) is 4.79. The number of piperidine rings is 2. The molecule has 6 heteroatoms. The third-order valence-electron chi connectivity index (χ3n) is 6.58. The normalized spacial score (nSPS) is 27.9. The van der Waals surface area contributed by atoms with Gasteiger partial charge in [-0.15, -0.1) is 0 Å². The van der Waals surface area contributed by atoms with Crippen LogP contribution in [-0.2, 0) is 14.3 Å². The van der Waals surface area contributed by atoms with Crippen molar-refractivity contribution < 1.29 is 19.5 Å². The highest BCUT2D eigenvalue weighted by molar-refractivity contribution is 4.98. The summed E-state index contributed by atoms with van der Waals surface area (Å²) < 4.78 is 12.4. The van der Waals surface area contributed by atoms with Gasteiger partial charge >= 0.3 is 0 Å². The van der Waals surface area contributed by atoms with Gasteiger partial charge in [0.2, 0.25) is 0 Å². The molecule has 0 aromatic heterocycles. The van der Waals surface area contributed by atoms with Crippen LogP contribution in [0.15, 0.2) is 0 Å². The van der Waals surface area contributed by atoms with Gasteiger partial charge in [-0.1, -0.05) is 0 Å². The Morgan fingerprint density at radius 1 is 0.690 bits per heavy atom. The van der Waals surface area contributed by atoms with E-state index >= 15 is 0 Å². The summed E-state index contributed by atoms with van der Waals surface area (Å²) in [4.78, 5) is 5.66. The van der Waals surface area contributed by atoms with Gasteiger partial charge in [0.1, 0.15) is 0 Å². The van der Waals surface area contributed by atoms with Crippen molar-refractivity contribution in [1.29, 1.82) is 0 Å². The van der Waals surface area contributed by atoms with Crippen LogP contribution in [-0.4, -0.2) is 70.0 Å². The van der Waals surface area contributed by atoms with Crippen LogP contribution >= 0.6 is 0 Å². The molecular weight excluding hydrogens is 368 g/mol. The molecular formula is C23H46N2O4. The standard InChI is InChI=1S/C23H46N2O4/c1-20(2)14-18(15-21(3,4)24(20)26)28-12-10-11-13-29-19-16-22(5,6)25(27-9)23(7,8)17-19/h18-19,26H,10-17H2,1-9H3. The largest absolute Gasteiger partial charge is 0.378 e. The maximum Gasteiger partial charge on any atom is 0.0611 e. The maximum absolute atomic E-state index is 10.4. The van der Waals surface area contributed by atoms with Gasteiger partial charge in [-0.2, -0.15) is 10.1 Å². The first-order valence-electron chi connectivity index (χ1n) is 11.3. The van der Waals surface area contributed by atoms with Crippen LogP contribution in [0, 0.1) is 0 Å². The fraction of sp³-hybridized carbons (Fsp3) is 1.00. The molecule has 0 aliphatic carbocycles. The molecule has 172 valence electrons. The monoisotopic (exact) mass is 414 g/mol. The zero-order chi connectivity index (χ0) is 22.1. The number of nitrogens with zero attached hydrogens (tertiary/aromatic N) is 2. The molecule has 0 aromatic carbocycles. The topological polar surface area (TPSA) is 54.4 Å². The highest BCUT2D eigenvalue weighted by Crippen LogP contribution is 2.40. The van der Waals surface area contributed by atoms with Crippen LogP contribution in [0.5, 0.6) is 0 Å². The van der Waals surface area contributed by atoms with Crippen molar-refractivity contribution in [2.75, 3.05) is 20.3 Å². The molecule has 6 nitrogen and oxygen atoms in total. The van der Waals surface area contributed by atoms with Crippen molar-refractivity contribution >= 4 is 0 Å². The number of hydrogen-bond donors (Lipinski definition) is 1. The van der Waals surface area contributed by atoms with Crippen molar-refractivity contribution in [2.24, 2.45) is 0 Å². The summed E-state index contributed by atoms with van der Waals surface area (Å²) in [5, 5.41) is 14.0. The minimum Gasteiger partial charge on any atom is -0.378 e. The predicted molar refractivity (Wildman–Crippen MR) is 116 cm³/mol. The number of unbranched alkanes of at least 4 members (excludes halogenated alkanes) is 1. The van der Waals surface area contributed by atoms with E-state index in [1.54, 1.807) is 7.11 Å². The fourth-order valence-corrected chi connectivity index (χ4v) is 5.78.